The monoisotopic (exact) mass is 278 g/mol. The van der Waals surface area contributed by atoms with Crippen molar-refractivity contribution in [3.8, 4) is 0 Å². The van der Waals surface area contributed by atoms with Crippen molar-refractivity contribution in [1.29, 1.82) is 0 Å². The van der Waals surface area contributed by atoms with Crippen LogP contribution in [0.2, 0.25) is 5.02 Å². The Balaban J connectivity index is 2.10. The number of amides is 2. The molecular weight excluding hydrogens is 267 g/mol. The van der Waals surface area contributed by atoms with Crippen molar-refractivity contribution in [3.05, 3.63) is 58.9 Å². The second-order valence-electron chi connectivity index (χ2n) is 4.04. The standard InChI is InChI=1S/C14H12ClFN2O/c1-9-6-7-11(16)13(8-9)18-14(19)17-12-5-3-2-4-10(12)15/h2-8H,1H3,(H2,17,18,19). The topological polar surface area (TPSA) is 41.1 Å². The second-order valence-corrected chi connectivity index (χ2v) is 4.45. The lowest BCUT2D eigenvalue weighted by atomic mass is 10.2. The number of nitrogens with one attached hydrogen (secondary N) is 2. The minimum atomic E-state index is -0.544. The van der Waals surface area contributed by atoms with E-state index >= 15 is 0 Å². The molecule has 0 heterocycles. The smallest absolute Gasteiger partial charge is 0.306 e. The molecule has 0 atom stereocenters. The van der Waals surface area contributed by atoms with Crippen molar-refractivity contribution in [2.24, 2.45) is 0 Å². The summed E-state index contributed by atoms with van der Waals surface area (Å²) in [6, 6.07) is 10.8. The molecule has 2 aromatic rings. The van der Waals surface area contributed by atoms with E-state index in [1.54, 1.807) is 36.4 Å². The Labute approximate surface area is 115 Å². The quantitative estimate of drug-likeness (QED) is 0.838. The van der Waals surface area contributed by atoms with Gasteiger partial charge in [-0.15, -0.1) is 0 Å². The van der Waals surface area contributed by atoms with Gasteiger partial charge in [0, 0.05) is 0 Å². The number of benzene rings is 2. The van der Waals surface area contributed by atoms with Gasteiger partial charge in [-0.2, -0.15) is 0 Å². The molecule has 0 radical (unpaired) electrons. The number of carbonyl (C=O) groups excluding carboxylic acids is 1. The van der Waals surface area contributed by atoms with Gasteiger partial charge in [0.2, 0.25) is 0 Å². The SMILES string of the molecule is Cc1ccc(F)c(NC(=O)Nc2ccccc2Cl)c1. The van der Waals surface area contributed by atoms with Crippen LogP contribution in [0.3, 0.4) is 0 Å². The lowest BCUT2D eigenvalue weighted by Gasteiger charge is -2.10. The van der Waals surface area contributed by atoms with Crippen LogP contribution in [-0.2, 0) is 0 Å². The predicted octanol–water partition coefficient (Wildman–Crippen LogP) is 4.43. The minimum absolute atomic E-state index is 0.129. The van der Waals surface area contributed by atoms with E-state index in [1.807, 2.05) is 6.92 Å². The average molecular weight is 279 g/mol. The van der Waals surface area contributed by atoms with Gasteiger partial charge in [0.1, 0.15) is 5.82 Å². The molecule has 0 aliphatic heterocycles. The van der Waals surface area contributed by atoms with Crippen LogP contribution in [0, 0.1) is 12.7 Å². The highest BCUT2D eigenvalue weighted by Gasteiger charge is 2.08. The molecule has 2 rings (SSSR count). The highest BCUT2D eigenvalue weighted by atomic mass is 35.5. The molecule has 2 N–H and O–H groups in total. The maximum absolute atomic E-state index is 13.5. The van der Waals surface area contributed by atoms with E-state index in [4.69, 9.17) is 11.6 Å². The van der Waals surface area contributed by atoms with Gasteiger partial charge in [-0.05, 0) is 36.8 Å². The van der Waals surface area contributed by atoms with E-state index in [-0.39, 0.29) is 5.69 Å². The van der Waals surface area contributed by atoms with Crippen molar-refractivity contribution >= 4 is 29.0 Å². The summed E-state index contributed by atoms with van der Waals surface area (Å²) in [7, 11) is 0. The summed E-state index contributed by atoms with van der Waals surface area (Å²) in [5.74, 6) is -0.486. The number of halogens is 2. The molecule has 19 heavy (non-hydrogen) atoms. The molecule has 0 aliphatic carbocycles. The first-order valence-electron chi connectivity index (χ1n) is 5.65. The van der Waals surface area contributed by atoms with Crippen LogP contribution in [0.4, 0.5) is 20.6 Å². The number of aryl methyl sites for hydroxylation is 1. The summed E-state index contributed by atoms with van der Waals surface area (Å²) in [6.07, 6.45) is 0. The van der Waals surface area contributed by atoms with E-state index in [2.05, 4.69) is 10.6 Å². The van der Waals surface area contributed by atoms with E-state index < -0.39 is 11.8 Å². The third kappa shape index (κ3) is 3.45. The molecular formula is C14H12ClFN2O. The van der Waals surface area contributed by atoms with Crippen molar-refractivity contribution in [2.75, 3.05) is 10.6 Å². The number of hydrogen-bond donors (Lipinski definition) is 2. The van der Waals surface area contributed by atoms with Gasteiger partial charge < -0.3 is 10.6 Å². The Bertz CT molecular complexity index is 616. The van der Waals surface area contributed by atoms with Gasteiger partial charge in [-0.25, -0.2) is 9.18 Å². The number of para-hydroxylation sites is 1. The molecule has 0 aliphatic rings. The molecule has 2 amide bonds. The number of carbonyl (C=O) groups is 1. The number of hydrogen-bond acceptors (Lipinski definition) is 1. The van der Waals surface area contributed by atoms with Gasteiger partial charge in [-0.1, -0.05) is 29.8 Å². The highest BCUT2D eigenvalue weighted by Crippen LogP contribution is 2.21. The van der Waals surface area contributed by atoms with Crippen molar-refractivity contribution in [3.63, 3.8) is 0 Å². The Hall–Kier alpha value is -2.07. The fourth-order valence-electron chi connectivity index (χ4n) is 1.57. The zero-order chi connectivity index (χ0) is 13.8. The summed E-state index contributed by atoms with van der Waals surface area (Å²) >= 11 is 5.91. The van der Waals surface area contributed by atoms with Gasteiger partial charge in [-0.3, -0.25) is 0 Å². The molecule has 0 fully saturated rings. The molecule has 98 valence electrons. The molecule has 0 saturated heterocycles. The van der Waals surface area contributed by atoms with Crippen molar-refractivity contribution in [2.45, 2.75) is 6.92 Å². The molecule has 0 spiro atoms. The third-order valence-electron chi connectivity index (χ3n) is 2.49. The fraction of sp³-hybridized carbons (Fsp3) is 0.0714. The van der Waals surface area contributed by atoms with E-state index in [0.29, 0.717) is 10.7 Å². The number of anilines is 2. The Morgan fingerprint density at radius 1 is 1.11 bits per heavy atom. The summed E-state index contributed by atoms with van der Waals surface area (Å²) in [4.78, 5) is 11.8. The summed E-state index contributed by atoms with van der Waals surface area (Å²) in [6.45, 7) is 1.82. The summed E-state index contributed by atoms with van der Waals surface area (Å²) in [5, 5.41) is 5.42. The van der Waals surface area contributed by atoms with Crippen LogP contribution in [0.1, 0.15) is 5.56 Å². The van der Waals surface area contributed by atoms with Gasteiger partial charge in [0.25, 0.3) is 0 Å². The van der Waals surface area contributed by atoms with Crippen LogP contribution >= 0.6 is 11.6 Å². The van der Waals surface area contributed by atoms with Crippen molar-refractivity contribution < 1.29 is 9.18 Å². The van der Waals surface area contributed by atoms with E-state index in [9.17, 15) is 9.18 Å². The largest absolute Gasteiger partial charge is 0.323 e. The van der Waals surface area contributed by atoms with Crippen LogP contribution in [0.15, 0.2) is 42.5 Å². The van der Waals surface area contributed by atoms with Crippen LogP contribution in [0.5, 0.6) is 0 Å². The van der Waals surface area contributed by atoms with Crippen LogP contribution in [0.25, 0.3) is 0 Å². The summed E-state index contributed by atoms with van der Waals surface area (Å²) < 4.78 is 13.5. The number of urea groups is 1. The van der Waals surface area contributed by atoms with Crippen molar-refractivity contribution in [1.82, 2.24) is 0 Å². The first-order chi connectivity index (χ1) is 9.06. The minimum Gasteiger partial charge on any atom is -0.306 e. The van der Waals surface area contributed by atoms with E-state index in [0.717, 1.165) is 5.56 Å². The van der Waals surface area contributed by atoms with Gasteiger partial charge >= 0.3 is 6.03 Å². The lowest BCUT2D eigenvalue weighted by molar-refractivity contribution is 0.262. The van der Waals surface area contributed by atoms with E-state index in [1.165, 1.54) is 6.07 Å². The molecule has 0 bridgehead atoms. The second kappa shape index (κ2) is 5.71. The predicted molar refractivity (Wildman–Crippen MR) is 75.2 cm³/mol. The van der Waals surface area contributed by atoms with Crippen LogP contribution < -0.4 is 10.6 Å². The van der Waals surface area contributed by atoms with Gasteiger partial charge in [0.15, 0.2) is 0 Å². The highest BCUT2D eigenvalue weighted by molar-refractivity contribution is 6.33. The fourth-order valence-corrected chi connectivity index (χ4v) is 1.76. The lowest BCUT2D eigenvalue weighted by Crippen LogP contribution is -2.20. The van der Waals surface area contributed by atoms with Gasteiger partial charge in [0.05, 0.1) is 16.4 Å². The summed E-state index contributed by atoms with van der Waals surface area (Å²) in [5.41, 5.74) is 1.45. The Morgan fingerprint density at radius 3 is 2.53 bits per heavy atom. The molecule has 3 nitrogen and oxygen atoms in total. The normalized spacial score (nSPS) is 10.1. The zero-order valence-corrected chi connectivity index (χ0v) is 11.0. The maximum Gasteiger partial charge on any atom is 0.323 e. The molecule has 0 aromatic heterocycles. The molecule has 0 saturated carbocycles. The first kappa shape index (κ1) is 13.4. The molecule has 0 unspecified atom stereocenters. The maximum atomic E-state index is 13.5. The average Bonchev–Trinajstić information content (AvgIpc) is 2.37. The molecule has 5 heteroatoms. The molecule has 2 aromatic carbocycles. The zero-order valence-electron chi connectivity index (χ0n) is 10.2. The third-order valence-corrected chi connectivity index (χ3v) is 2.82. The first-order valence-corrected chi connectivity index (χ1v) is 6.03. The van der Waals surface area contributed by atoms with Crippen LogP contribution in [-0.4, -0.2) is 6.03 Å². The Kier molecular flexibility index (Phi) is 4.02. The Morgan fingerprint density at radius 2 is 1.79 bits per heavy atom. The number of rotatable bonds is 2.